The molecule has 84 valence electrons. The van der Waals surface area contributed by atoms with E-state index in [9.17, 15) is 0 Å². The van der Waals surface area contributed by atoms with Gasteiger partial charge >= 0.3 is 0 Å². The van der Waals surface area contributed by atoms with Crippen LogP contribution in [0.1, 0.15) is 44.9 Å². The second-order valence-electron chi connectivity index (χ2n) is 6.21. The SMILES string of the molecule is N#CCC1(CC#N)C2CC3CC(C2)CC1C3. The van der Waals surface area contributed by atoms with Gasteiger partial charge in [-0.25, -0.2) is 0 Å². The Morgan fingerprint density at radius 2 is 1.25 bits per heavy atom. The van der Waals surface area contributed by atoms with E-state index in [4.69, 9.17) is 10.5 Å². The van der Waals surface area contributed by atoms with E-state index >= 15 is 0 Å². The minimum Gasteiger partial charge on any atom is -0.198 e. The molecule has 0 saturated heterocycles. The molecular formula is C14H18N2. The lowest BCUT2D eigenvalue weighted by Gasteiger charge is -2.60. The summed E-state index contributed by atoms with van der Waals surface area (Å²) < 4.78 is 0. The topological polar surface area (TPSA) is 47.6 Å². The highest BCUT2D eigenvalue weighted by Crippen LogP contribution is 2.64. The number of rotatable bonds is 2. The molecule has 0 atom stereocenters. The Kier molecular flexibility index (Phi) is 2.21. The predicted molar refractivity (Wildman–Crippen MR) is 59.9 cm³/mol. The van der Waals surface area contributed by atoms with Gasteiger partial charge in [0.1, 0.15) is 0 Å². The van der Waals surface area contributed by atoms with Crippen LogP contribution >= 0.6 is 0 Å². The van der Waals surface area contributed by atoms with Crippen LogP contribution in [0.2, 0.25) is 0 Å². The van der Waals surface area contributed by atoms with E-state index in [1.807, 2.05) is 0 Å². The molecule has 2 nitrogen and oxygen atoms in total. The molecule has 4 aliphatic carbocycles. The van der Waals surface area contributed by atoms with E-state index in [2.05, 4.69) is 12.1 Å². The smallest absolute Gasteiger partial charge is 0.0628 e. The highest BCUT2D eigenvalue weighted by molar-refractivity contribution is 5.10. The highest BCUT2D eigenvalue weighted by atomic mass is 14.6. The summed E-state index contributed by atoms with van der Waals surface area (Å²) in [5.74, 6) is 3.21. The van der Waals surface area contributed by atoms with Gasteiger partial charge in [-0.05, 0) is 55.8 Å². The third-order valence-corrected chi connectivity index (χ3v) is 5.58. The second kappa shape index (κ2) is 3.49. The van der Waals surface area contributed by atoms with Gasteiger partial charge in [-0.15, -0.1) is 0 Å². The van der Waals surface area contributed by atoms with Crippen LogP contribution in [0.3, 0.4) is 0 Å². The third-order valence-electron chi connectivity index (χ3n) is 5.58. The molecule has 4 saturated carbocycles. The van der Waals surface area contributed by atoms with Crippen LogP contribution in [0.4, 0.5) is 0 Å². The quantitative estimate of drug-likeness (QED) is 0.708. The molecule has 2 heteroatoms. The first kappa shape index (κ1) is 10.2. The molecule has 0 aromatic carbocycles. The van der Waals surface area contributed by atoms with Crippen molar-refractivity contribution in [2.45, 2.75) is 44.9 Å². The van der Waals surface area contributed by atoms with Gasteiger partial charge in [0, 0.05) is 18.3 Å². The molecule has 0 aliphatic heterocycles. The zero-order chi connectivity index (χ0) is 11.2. The Bertz CT molecular complexity index is 325. The van der Waals surface area contributed by atoms with Crippen molar-refractivity contribution in [3.8, 4) is 12.1 Å². The maximum Gasteiger partial charge on any atom is 0.0628 e. The van der Waals surface area contributed by atoms with Crippen molar-refractivity contribution in [2.24, 2.45) is 29.1 Å². The summed E-state index contributed by atoms with van der Waals surface area (Å²) >= 11 is 0. The molecule has 0 heterocycles. The van der Waals surface area contributed by atoms with Crippen LogP contribution in [-0.4, -0.2) is 0 Å². The first-order valence-corrected chi connectivity index (χ1v) is 6.52. The maximum atomic E-state index is 9.08. The summed E-state index contributed by atoms with van der Waals surface area (Å²) in [5.41, 5.74) is 0.0803. The standard InChI is InChI=1S/C14H18N2/c15-3-1-14(2-4-16)12-6-10-5-11(8-12)9-13(14)7-10/h10-13H,1-2,5-9H2. The largest absolute Gasteiger partial charge is 0.198 e. The molecular weight excluding hydrogens is 196 g/mol. The molecule has 0 N–H and O–H groups in total. The van der Waals surface area contributed by atoms with Crippen molar-refractivity contribution in [3.63, 3.8) is 0 Å². The number of nitrogens with zero attached hydrogens (tertiary/aromatic N) is 2. The van der Waals surface area contributed by atoms with Gasteiger partial charge in [0.25, 0.3) is 0 Å². The minimum atomic E-state index is 0.0803. The third kappa shape index (κ3) is 1.23. The Morgan fingerprint density at radius 1 is 0.812 bits per heavy atom. The molecule has 0 radical (unpaired) electrons. The fourth-order valence-corrected chi connectivity index (χ4v) is 5.06. The Balaban J connectivity index is 1.94. The van der Waals surface area contributed by atoms with Gasteiger partial charge in [0.15, 0.2) is 0 Å². The molecule has 0 amide bonds. The van der Waals surface area contributed by atoms with E-state index in [1.165, 1.54) is 32.1 Å². The van der Waals surface area contributed by atoms with E-state index < -0.39 is 0 Å². The second-order valence-corrected chi connectivity index (χ2v) is 6.21. The minimum absolute atomic E-state index is 0.0803. The lowest BCUT2D eigenvalue weighted by molar-refractivity contribution is -0.104. The Labute approximate surface area is 97.3 Å². The molecule has 0 unspecified atom stereocenters. The average molecular weight is 214 g/mol. The lowest BCUT2D eigenvalue weighted by Crippen LogP contribution is -2.52. The lowest BCUT2D eigenvalue weighted by atomic mass is 9.44. The summed E-state index contributed by atoms with van der Waals surface area (Å²) in [6.07, 6.45) is 7.88. The molecule has 16 heavy (non-hydrogen) atoms. The molecule has 0 aromatic heterocycles. The monoisotopic (exact) mass is 214 g/mol. The summed E-state index contributed by atoms with van der Waals surface area (Å²) in [5, 5.41) is 18.2. The summed E-state index contributed by atoms with van der Waals surface area (Å²) in [6.45, 7) is 0. The van der Waals surface area contributed by atoms with Crippen LogP contribution in [0.25, 0.3) is 0 Å². The van der Waals surface area contributed by atoms with Crippen LogP contribution < -0.4 is 0 Å². The Morgan fingerprint density at radius 3 is 1.62 bits per heavy atom. The molecule has 4 fully saturated rings. The predicted octanol–water partition coefficient (Wildman–Crippen LogP) is 3.26. The average Bonchev–Trinajstić information content (AvgIpc) is 2.25. The van der Waals surface area contributed by atoms with Gasteiger partial charge in [0.05, 0.1) is 12.1 Å². The van der Waals surface area contributed by atoms with Crippen LogP contribution in [0, 0.1) is 51.7 Å². The first-order chi connectivity index (χ1) is 7.78. The molecule has 4 aliphatic rings. The van der Waals surface area contributed by atoms with E-state index in [0.29, 0.717) is 24.7 Å². The van der Waals surface area contributed by atoms with Gasteiger partial charge < -0.3 is 0 Å². The van der Waals surface area contributed by atoms with Gasteiger partial charge in [-0.1, -0.05) is 0 Å². The normalized spacial score (nSPS) is 42.6. The maximum absolute atomic E-state index is 9.08. The summed E-state index contributed by atoms with van der Waals surface area (Å²) in [4.78, 5) is 0. The Hall–Kier alpha value is -1.02. The van der Waals surface area contributed by atoms with E-state index in [-0.39, 0.29) is 5.41 Å². The molecule has 4 rings (SSSR count). The van der Waals surface area contributed by atoms with Crippen molar-refractivity contribution in [1.29, 1.82) is 10.5 Å². The molecule has 4 bridgehead atoms. The van der Waals surface area contributed by atoms with Crippen molar-refractivity contribution in [1.82, 2.24) is 0 Å². The van der Waals surface area contributed by atoms with Crippen molar-refractivity contribution in [2.75, 3.05) is 0 Å². The zero-order valence-electron chi connectivity index (χ0n) is 9.65. The van der Waals surface area contributed by atoms with Crippen molar-refractivity contribution in [3.05, 3.63) is 0 Å². The fraction of sp³-hybridized carbons (Fsp3) is 0.857. The van der Waals surface area contributed by atoms with Crippen LogP contribution in [0.5, 0.6) is 0 Å². The zero-order valence-corrected chi connectivity index (χ0v) is 9.65. The number of hydrogen-bond donors (Lipinski definition) is 0. The van der Waals surface area contributed by atoms with E-state index in [0.717, 1.165) is 11.8 Å². The van der Waals surface area contributed by atoms with Crippen LogP contribution in [0.15, 0.2) is 0 Å². The highest BCUT2D eigenvalue weighted by Gasteiger charge is 2.56. The fourth-order valence-electron chi connectivity index (χ4n) is 5.06. The van der Waals surface area contributed by atoms with Crippen molar-refractivity contribution >= 4 is 0 Å². The number of hydrogen-bond acceptors (Lipinski definition) is 2. The summed E-state index contributed by atoms with van der Waals surface area (Å²) in [6, 6.07) is 4.74. The van der Waals surface area contributed by atoms with Gasteiger partial charge in [-0.3, -0.25) is 0 Å². The van der Waals surface area contributed by atoms with E-state index in [1.54, 1.807) is 0 Å². The first-order valence-electron chi connectivity index (χ1n) is 6.52. The van der Waals surface area contributed by atoms with Crippen molar-refractivity contribution < 1.29 is 0 Å². The van der Waals surface area contributed by atoms with Crippen LogP contribution in [-0.2, 0) is 0 Å². The summed E-state index contributed by atoms with van der Waals surface area (Å²) in [7, 11) is 0. The molecule has 0 spiro atoms. The van der Waals surface area contributed by atoms with Gasteiger partial charge in [0.2, 0.25) is 0 Å². The molecule has 0 aromatic rings. The number of nitriles is 2. The van der Waals surface area contributed by atoms with Gasteiger partial charge in [-0.2, -0.15) is 10.5 Å².